The lowest BCUT2D eigenvalue weighted by atomic mass is 10.4. The van der Waals surface area contributed by atoms with Crippen molar-refractivity contribution in [3.8, 4) is 0 Å². The van der Waals surface area contributed by atoms with Crippen LogP contribution in [-0.4, -0.2) is 38.9 Å². The zero-order chi connectivity index (χ0) is 13.1. The molecule has 0 spiro atoms. The van der Waals surface area contributed by atoms with E-state index in [1.54, 1.807) is 24.3 Å². The van der Waals surface area contributed by atoms with Crippen molar-refractivity contribution in [2.24, 2.45) is 0 Å². The summed E-state index contributed by atoms with van der Waals surface area (Å²) in [6, 6.07) is 1.84. The average Bonchev–Trinajstić information content (AvgIpc) is 2.76. The summed E-state index contributed by atoms with van der Waals surface area (Å²) in [5.41, 5.74) is 1.65. The third-order valence-electron chi connectivity index (χ3n) is 2.94. The maximum absolute atomic E-state index is 12.0. The summed E-state index contributed by atoms with van der Waals surface area (Å²) in [6.45, 7) is 2.88. The van der Waals surface area contributed by atoms with Gasteiger partial charge in [0.2, 0.25) is 5.91 Å². The molecule has 0 fully saturated rings. The molecular weight excluding hydrogens is 252 g/mol. The van der Waals surface area contributed by atoms with Crippen molar-refractivity contribution in [2.45, 2.75) is 19.3 Å². The zero-order valence-corrected chi connectivity index (χ0v) is 11.2. The fraction of sp³-hybridized carbons (Fsp3) is 0.417. The quantitative estimate of drug-likeness (QED) is 0.791. The Morgan fingerprint density at radius 1 is 1.56 bits per heavy atom. The number of pyridine rings is 1. The van der Waals surface area contributed by atoms with Crippen LogP contribution in [0.15, 0.2) is 18.5 Å². The van der Waals surface area contributed by atoms with E-state index in [9.17, 15) is 4.79 Å². The van der Waals surface area contributed by atoms with E-state index in [-0.39, 0.29) is 18.3 Å². The molecule has 5 nitrogen and oxygen atoms in total. The second-order valence-electron chi connectivity index (χ2n) is 4.02. The van der Waals surface area contributed by atoms with E-state index in [0.29, 0.717) is 12.4 Å². The predicted molar refractivity (Wildman–Crippen MR) is 70.4 cm³/mol. The molecule has 0 aromatic carbocycles. The third kappa shape index (κ3) is 2.31. The maximum Gasteiger partial charge on any atom is 0.242 e. The number of alkyl halides is 1. The monoisotopic (exact) mass is 266 g/mol. The highest BCUT2D eigenvalue weighted by Gasteiger charge is 2.14. The predicted octanol–water partition coefficient (Wildman–Crippen LogP) is 1.65. The SMILES string of the molecule is CCN(C)C(=O)Cn1c(CCl)nc2cnccc21. The van der Waals surface area contributed by atoms with Crippen molar-refractivity contribution in [3.63, 3.8) is 0 Å². The summed E-state index contributed by atoms with van der Waals surface area (Å²) < 4.78 is 1.85. The average molecular weight is 267 g/mol. The molecule has 0 bridgehead atoms. The van der Waals surface area contributed by atoms with Gasteiger partial charge < -0.3 is 9.47 Å². The van der Waals surface area contributed by atoms with E-state index in [4.69, 9.17) is 11.6 Å². The van der Waals surface area contributed by atoms with Gasteiger partial charge in [-0.25, -0.2) is 4.98 Å². The fourth-order valence-electron chi connectivity index (χ4n) is 1.74. The minimum Gasteiger partial charge on any atom is -0.344 e. The largest absolute Gasteiger partial charge is 0.344 e. The van der Waals surface area contributed by atoms with E-state index >= 15 is 0 Å². The van der Waals surface area contributed by atoms with Crippen molar-refractivity contribution in [2.75, 3.05) is 13.6 Å². The van der Waals surface area contributed by atoms with Crippen LogP contribution in [0.1, 0.15) is 12.7 Å². The van der Waals surface area contributed by atoms with Crippen LogP contribution in [0, 0.1) is 0 Å². The molecule has 96 valence electrons. The van der Waals surface area contributed by atoms with E-state index < -0.39 is 0 Å². The Labute approximate surface area is 110 Å². The summed E-state index contributed by atoms with van der Waals surface area (Å²) in [5.74, 6) is 1.01. The normalized spacial score (nSPS) is 10.8. The van der Waals surface area contributed by atoms with Crippen LogP contribution in [0.25, 0.3) is 11.0 Å². The van der Waals surface area contributed by atoms with Gasteiger partial charge in [0.25, 0.3) is 0 Å². The Hall–Kier alpha value is -1.62. The first-order valence-corrected chi connectivity index (χ1v) is 6.29. The van der Waals surface area contributed by atoms with Crippen LogP contribution in [0.2, 0.25) is 0 Å². The smallest absolute Gasteiger partial charge is 0.242 e. The Kier molecular flexibility index (Phi) is 3.81. The number of likely N-dealkylation sites (N-methyl/N-ethyl adjacent to an activating group) is 1. The van der Waals surface area contributed by atoms with Crippen LogP contribution in [0.3, 0.4) is 0 Å². The van der Waals surface area contributed by atoms with Crippen molar-refractivity contribution < 1.29 is 4.79 Å². The van der Waals surface area contributed by atoms with E-state index in [0.717, 1.165) is 11.0 Å². The van der Waals surface area contributed by atoms with Crippen LogP contribution in [0.5, 0.6) is 0 Å². The highest BCUT2D eigenvalue weighted by atomic mass is 35.5. The second kappa shape index (κ2) is 5.35. The van der Waals surface area contributed by atoms with E-state index in [2.05, 4.69) is 9.97 Å². The van der Waals surface area contributed by atoms with Crippen molar-refractivity contribution in [1.82, 2.24) is 19.4 Å². The van der Waals surface area contributed by atoms with Gasteiger partial charge in [0.1, 0.15) is 17.9 Å². The van der Waals surface area contributed by atoms with Crippen molar-refractivity contribution in [3.05, 3.63) is 24.3 Å². The number of fused-ring (bicyclic) bond motifs is 1. The molecular formula is C12H15ClN4O. The van der Waals surface area contributed by atoms with Crippen molar-refractivity contribution >= 4 is 28.5 Å². The summed E-state index contributed by atoms with van der Waals surface area (Å²) in [7, 11) is 1.78. The van der Waals surface area contributed by atoms with Crippen molar-refractivity contribution in [1.29, 1.82) is 0 Å². The molecule has 0 unspecified atom stereocenters. The van der Waals surface area contributed by atoms with Gasteiger partial charge in [0.15, 0.2) is 0 Å². The number of amides is 1. The molecule has 0 saturated carbocycles. The Balaban J connectivity index is 2.39. The molecule has 0 aliphatic rings. The third-order valence-corrected chi connectivity index (χ3v) is 3.18. The van der Waals surface area contributed by atoms with Crippen LogP contribution >= 0.6 is 11.6 Å². The number of carbonyl (C=O) groups excluding carboxylic acids is 1. The molecule has 2 aromatic rings. The lowest BCUT2D eigenvalue weighted by Crippen LogP contribution is -2.30. The van der Waals surface area contributed by atoms with Gasteiger partial charge in [-0.3, -0.25) is 9.78 Å². The van der Waals surface area contributed by atoms with Gasteiger partial charge in [-0.1, -0.05) is 0 Å². The fourth-order valence-corrected chi connectivity index (χ4v) is 1.95. The number of halogens is 1. The minimum absolute atomic E-state index is 0.0416. The highest BCUT2D eigenvalue weighted by molar-refractivity contribution is 6.16. The first-order valence-electron chi connectivity index (χ1n) is 5.76. The number of nitrogens with zero attached hydrogens (tertiary/aromatic N) is 4. The number of imidazole rings is 1. The second-order valence-corrected chi connectivity index (χ2v) is 4.29. The highest BCUT2D eigenvalue weighted by Crippen LogP contribution is 2.16. The summed E-state index contributed by atoms with van der Waals surface area (Å²) in [4.78, 5) is 22.0. The molecule has 0 N–H and O–H groups in total. The number of hydrogen-bond acceptors (Lipinski definition) is 3. The molecule has 0 aliphatic heterocycles. The summed E-state index contributed by atoms with van der Waals surface area (Å²) in [6.07, 6.45) is 3.36. The number of hydrogen-bond donors (Lipinski definition) is 0. The van der Waals surface area contributed by atoms with Gasteiger partial charge in [0, 0.05) is 19.8 Å². The van der Waals surface area contributed by atoms with Crippen LogP contribution in [-0.2, 0) is 17.2 Å². The number of carbonyl (C=O) groups is 1. The first-order chi connectivity index (χ1) is 8.67. The summed E-state index contributed by atoms with van der Waals surface area (Å²) >= 11 is 5.87. The Morgan fingerprint density at radius 2 is 2.33 bits per heavy atom. The molecule has 0 aliphatic carbocycles. The van der Waals surface area contributed by atoms with Gasteiger partial charge in [-0.15, -0.1) is 11.6 Å². The molecule has 0 atom stereocenters. The zero-order valence-electron chi connectivity index (χ0n) is 10.4. The van der Waals surface area contributed by atoms with Gasteiger partial charge >= 0.3 is 0 Å². The van der Waals surface area contributed by atoms with E-state index in [1.807, 2.05) is 17.6 Å². The topological polar surface area (TPSA) is 51.0 Å². The molecule has 2 rings (SSSR count). The lowest BCUT2D eigenvalue weighted by molar-refractivity contribution is -0.130. The molecule has 6 heteroatoms. The first kappa shape index (κ1) is 12.8. The number of rotatable bonds is 4. The molecule has 0 radical (unpaired) electrons. The van der Waals surface area contributed by atoms with Gasteiger partial charge in [-0.05, 0) is 13.0 Å². The molecule has 0 saturated heterocycles. The number of aromatic nitrogens is 3. The van der Waals surface area contributed by atoms with Crippen LogP contribution in [0.4, 0.5) is 0 Å². The van der Waals surface area contributed by atoms with Gasteiger partial charge in [0.05, 0.1) is 17.6 Å². The standard InChI is InChI=1S/C12H15ClN4O/c1-3-16(2)12(18)8-17-10-4-5-14-7-9(10)15-11(17)6-13/h4-5,7H,3,6,8H2,1-2H3. The maximum atomic E-state index is 12.0. The van der Waals surface area contributed by atoms with E-state index in [1.165, 1.54) is 0 Å². The van der Waals surface area contributed by atoms with Crippen LogP contribution < -0.4 is 0 Å². The Morgan fingerprint density at radius 3 is 3.00 bits per heavy atom. The lowest BCUT2D eigenvalue weighted by Gasteiger charge is -2.16. The molecule has 1 amide bonds. The van der Waals surface area contributed by atoms with Gasteiger partial charge in [-0.2, -0.15) is 0 Å². The minimum atomic E-state index is 0.0416. The molecule has 2 aromatic heterocycles. The molecule has 2 heterocycles. The molecule has 18 heavy (non-hydrogen) atoms. The summed E-state index contributed by atoms with van der Waals surface area (Å²) in [5, 5.41) is 0. The Bertz CT molecular complexity index is 566.